The molecule has 3 fully saturated rings. The molecule has 2 aliphatic carbocycles. The minimum atomic E-state index is -0.928. The molecule has 5 rings (SSSR count). The van der Waals surface area contributed by atoms with Gasteiger partial charge in [0.05, 0.1) is 12.7 Å². The van der Waals surface area contributed by atoms with E-state index in [1.807, 2.05) is 19.9 Å². The number of likely N-dealkylation sites (tertiary alicyclic amines) is 1. The van der Waals surface area contributed by atoms with Gasteiger partial charge in [-0.25, -0.2) is 0 Å². The number of piperidine rings is 1. The van der Waals surface area contributed by atoms with Gasteiger partial charge in [0.25, 0.3) is 0 Å². The molecule has 0 spiro atoms. The number of carbonyl (C=O) groups is 1. The Morgan fingerprint density at radius 2 is 2.11 bits per heavy atom. The second-order valence-electron chi connectivity index (χ2n) is 10.2. The molecule has 2 aliphatic heterocycles. The summed E-state index contributed by atoms with van der Waals surface area (Å²) in [5, 5.41) is 15.6. The van der Waals surface area contributed by atoms with E-state index in [0.29, 0.717) is 12.8 Å². The predicted molar refractivity (Wildman–Crippen MR) is 107 cm³/mol. The average Bonchev–Trinajstić information content (AvgIpc) is 3.42. The minimum Gasteiger partial charge on any atom is -0.497 e. The highest BCUT2D eigenvalue weighted by Gasteiger charge is 2.65. The Balaban J connectivity index is 1.69. The molecule has 2 bridgehead atoms. The first-order valence-electron chi connectivity index (χ1n) is 10.7. The first-order chi connectivity index (χ1) is 13.3. The summed E-state index contributed by atoms with van der Waals surface area (Å²) in [6.07, 6.45) is 5.21. The smallest absolute Gasteiger partial charge is 0.221 e. The van der Waals surface area contributed by atoms with Gasteiger partial charge in [0.2, 0.25) is 5.91 Å². The number of aliphatic hydroxyl groups is 1. The summed E-state index contributed by atoms with van der Waals surface area (Å²) in [4.78, 5) is 15.5. The van der Waals surface area contributed by atoms with Crippen LogP contribution in [-0.2, 0) is 16.6 Å². The van der Waals surface area contributed by atoms with E-state index >= 15 is 0 Å². The molecule has 2 N–H and O–H groups in total. The van der Waals surface area contributed by atoms with Gasteiger partial charge in [-0.1, -0.05) is 6.07 Å². The average molecular weight is 385 g/mol. The zero-order valence-electron chi connectivity index (χ0n) is 17.3. The van der Waals surface area contributed by atoms with Crippen LogP contribution in [0.3, 0.4) is 0 Å². The third kappa shape index (κ3) is 2.62. The predicted octanol–water partition coefficient (Wildman–Crippen LogP) is 2.39. The molecule has 5 heteroatoms. The van der Waals surface area contributed by atoms with Crippen LogP contribution in [-0.4, -0.2) is 53.3 Å². The van der Waals surface area contributed by atoms with Crippen molar-refractivity contribution in [3.8, 4) is 5.75 Å². The Morgan fingerprint density at radius 3 is 2.82 bits per heavy atom. The molecule has 2 heterocycles. The van der Waals surface area contributed by atoms with Crippen LogP contribution in [0.15, 0.2) is 18.2 Å². The summed E-state index contributed by atoms with van der Waals surface area (Å²) < 4.78 is 5.52. The normalized spacial score (nSPS) is 36.7. The molecule has 1 aromatic carbocycles. The van der Waals surface area contributed by atoms with E-state index in [2.05, 4.69) is 22.3 Å². The number of methoxy groups -OCH3 is 1. The van der Waals surface area contributed by atoms with Crippen LogP contribution in [0.5, 0.6) is 5.75 Å². The van der Waals surface area contributed by atoms with E-state index in [1.165, 1.54) is 18.4 Å². The Morgan fingerprint density at radius 1 is 1.32 bits per heavy atom. The molecule has 0 radical (unpaired) electrons. The topological polar surface area (TPSA) is 61.8 Å². The summed E-state index contributed by atoms with van der Waals surface area (Å²) in [6, 6.07) is 6.31. The largest absolute Gasteiger partial charge is 0.497 e. The monoisotopic (exact) mass is 384 g/mol. The highest BCUT2D eigenvalue weighted by Crippen LogP contribution is 2.57. The molecule has 4 aliphatic rings. The maximum Gasteiger partial charge on any atom is 0.221 e. The highest BCUT2D eigenvalue weighted by molar-refractivity contribution is 5.80. The third-order valence-electron chi connectivity index (χ3n) is 7.73. The number of rotatable bonds is 3. The molecule has 3 atom stereocenters. The lowest BCUT2D eigenvalue weighted by atomic mass is 9.51. The second kappa shape index (κ2) is 5.96. The van der Waals surface area contributed by atoms with Gasteiger partial charge >= 0.3 is 0 Å². The van der Waals surface area contributed by atoms with Crippen LogP contribution >= 0.6 is 0 Å². The fraction of sp³-hybridized carbons (Fsp3) is 0.696. The van der Waals surface area contributed by atoms with Gasteiger partial charge in [-0.15, -0.1) is 0 Å². The van der Waals surface area contributed by atoms with Gasteiger partial charge in [0.1, 0.15) is 5.75 Å². The van der Waals surface area contributed by atoms with Crippen molar-refractivity contribution in [2.24, 2.45) is 5.92 Å². The number of amides is 1. The van der Waals surface area contributed by atoms with Crippen molar-refractivity contribution in [1.29, 1.82) is 0 Å². The molecule has 1 amide bonds. The van der Waals surface area contributed by atoms with Gasteiger partial charge in [0, 0.05) is 36.4 Å². The van der Waals surface area contributed by atoms with Crippen LogP contribution in [0.25, 0.3) is 0 Å². The summed E-state index contributed by atoms with van der Waals surface area (Å²) >= 11 is 0. The number of hydrogen-bond acceptors (Lipinski definition) is 4. The molecular weight excluding hydrogens is 352 g/mol. The molecule has 0 unspecified atom stereocenters. The standard InChI is InChI=1S/C23H32N2O3/c1-21(2)14-23(27)19-10-16-6-7-17(28-3)11-18(16)22(23,12-20(26)24-21)8-9-25(19)13-15-4-5-15/h6-7,11,15,19,27H,4-5,8-10,12-14H2,1-3H3,(H,24,26)/t19-,22-,23-/m1/s1. The van der Waals surface area contributed by atoms with Gasteiger partial charge < -0.3 is 15.2 Å². The number of ether oxygens (including phenoxy) is 1. The van der Waals surface area contributed by atoms with Crippen molar-refractivity contribution in [3.63, 3.8) is 0 Å². The Bertz CT molecular complexity index is 818. The summed E-state index contributed by atoms with van der Waals surface area (Å²) in [5.41, 5.74) is 0.498. The molecule has 1 aromatic rings. The van der Waals surface area contributed by atoms with Gasteiger partial charge in [-0.3, -0.25) is 9.69 Å². The first kappa shape index (κ1) is 18.4. The Labute approximate surface area is 167 Å². The number of hydrogen-bond donors (Lipinski definition) is 2. The first-order valence-corrected chi connectivity index (χ1v) is 10.7. The highest BCUT2D eigenvalue weighted by atomic mass is 16.5. The Kier molecular flexibility index (Phi) is 3.92. The molecule has 2 saturated heterocycles. The Hall–Kier alpha value is -1.59. The number of fused-ring (bicyclic) bond motifs is 1. The van der Waals surface area contributed by atoms with Gasteiger partial charge in [-0.05, 0) is 75.3 Å². The lowest BCUT2D eigenvalue weighted by molar-refractivity contribution is -0.158. The van der Waals surface area contributed by atoms with Crippen LogP contribution in [0, 0.1) is 5.92 Å². The maximum absolute atomic E-state index is 13.0. The summed E-state index contributed by atoms with van der Waals surface area (Å²) in [5.74, 6) is 1.64. The molecule has 5 nitrogen and oxygen atoms in total. The number of nitrogens with zero attached hydrogens (tertiary/aromatic N) is 1. The maximum atomic E-state index is 13.0. The van der Waals surface area contributed by atoms with E-state index in [0.717, 1.165) is 43.2 Å². The van der Waals surface area contributed by atoms with E-state index in [4.69, 9.17) is 4.74 Å². The van der Waals surface area contributed by atoms with Crippen molar-refractivity contribution >= 4 is 5.91 Å². The van der Waals surface area contributed by atoms with E-state index < -0.39 is 16.6 Å². The van der Waals surface area contributed by atoms with Crippen molar-refractivity contribution < 1.29 is 14.6 Å². The van der Waals surface area contributed by atoms with E-state index in [1.54, 1.807) is 7.11 Å². The lowest BCUT2D eigenvalue weighted by Gasteiger charge is -2.62. The summed E-state index contributed by atoms with van der Waals surface area (Å²) in [7, 11) is 1.68. The number of benzene rings is 1. The van der Waals surface area contributed by atoms with Crippen LogP contribution < -0.4 is 10.1 Å². The number of nitrogens with one attached hydrogen (secondary N) is 1. The fourth-order valence-electron chi connectivity index (χ4n) is 6.40. The van der Waals surface area contributed by atoms with E-state index in [-0.39, 0.29) is 11.9 Å². The van der Waals surface area contributed by atoms with Crippen LogP contribution in [0.1, 0.15) is 57.1 Å². The van der Waals surface area contributed by atoms with E-state index in [9.17, 15) is 9.90 Å². The SMILES string of the molecule is COc1ccc2c(c1)[C@]13CCN(CC4CC4)[C@H](C2)[C@]1(O)CC(C)(C)NC(=O)C3. The molecule has 1 saturated carbocycles. The third-order valence-corrected chi connectivity index (χ3v) is 7.73. The fourth-order valence-corrected chi connectivity index (χ4v) is 6.40. The lowest BCUT2D eigenvalue weighted by Crippen LogP contribution is -2.72. The molecular formula is C23H32N2O3. The quantitative estimate of drug-likeness (QED) is 0.840. The molecule has 28 heavy (non-hydrogen) atoms. The van der Waals surface area contributed by atoms with Crippen molar-refractivity contribution in [2.45, 2.75) is 75.0 Å². The van der Waals surface area contributed by atoms with Gasteiger partial charge in [0.15, 0.2) is 0 Å². The zero-order chi connectivity index (χ0) is 19.7. The van der Waals surface area contributed by atoms with Crippen LogP contribution in [0.4, 0.5) is 0 Å². The van der Waals surface area contributed by atoms with Gasteiger partial charge in [-0.2, -0.15) is 0 Å². The zero-order valence-corrected chi connectivity index (χ0v) is 17.3. The molecule has 152 valence electrons. The number of carbonyl (C=O) groups excluding carboxylic acids is 1. The van der Waals surface area contributed by atoms with Crippen molar-refractivity contribution in [2.75, 3.05) is 20.2 Å². The molecule has 0 aromatic heterocycles. The van der Waals surface area contributed by atoms with Crippen molar-refractivity contribution in [3.05, 3.63) is 29.3 Å². The van der Waals surface area contributed by atoms with Crippen LogP contribution in [0.2, 0.25) is 0 Å². The second-order valence-corrected chi connectivity index (χ2v) is 10.2. The minimum absolute atomic E-state index is 0.0472. The summed E-state index contributed by atoms with van der Waals surface area (Å²) in [6.45, 7) is 6.12. The van der Waals surface area contributed by atoms with Crippen molar-refractivity contribution in [1.82, 2.24) is 10.2 Å².